The van der Waals surface area contributed by atoms with Crippen LogP contribution in [0.25, 0.3) is 22.3 Å². The fourth-order valence-electron chi connectivity index (χ4n) is 3.79. The fourth-order valence-corrected chi connectivity index (χ4v) is 3.79. The van der Waals surface area contributed by atoms with E-state index in [2.05, 4.69) is 15.2 Å². The Morgan fingerprint density at radius 1 is 1.28 bits per heavy atom. The number of morpholine rings is 1. The molecule has 1 N–H and O–H groups in total. The molecule has 0 bridgehead atoms. The largest absolute Gasteiger partial charge is 0.377 e. The number of ether oxygens (including phenoxy) is 1. The highest BCUT2D eigenvalue weighted by Gasteiger charge is 2.31. The maximum Gasteiger partial charge on any atom is 0.256 e. The summed E-state index contributed by atoms with van der Waals surface area (Å²) >= 11 is 0. The number of carbonyl (C=O) groups excluding carboxylic acids is 1. The lowest BCUT2D eigenvalue weighted by atomic mass is 10.1. The van der Waals surface area contributed by atoms with Crippen molar-refractivity contribution < 1.29 is 9.53 Å². The van der Waals surface area contributed by atoms with E-state index >= 15 is 0 Å². The standard InChI is InChI=1S/C21H20N6O2/c1-26-12-16(15-5-6-17(25-20(15)26)14-10-23-24-11-14)21(28)27-8-9-29-13-19(27)18-4-2-3-7-22-18/h2-7,10-12,19H,8-9,13H2,1H3,(H,23,24). The van der Waals surface area contributed by atoms with Crippen LogP contribution in [0.2, 0.25) is 0 Å². The molecule has 0 aromatic carbocycles. The molecule has 1 amide bonds. The molecule has 5 heterocycles. The third-order valence-electron chi connectivity index (χ3n) is 5.27. The maximum atomic E-state index is 13.5. The van der Waals surface area contributed by atoms with E-state index < -0.39 is 0 Å². The Morgan fingerprint density at radius 3 is 3.00 bits per heavy atom. The predicted octanol–water partition coefficient (Wildman–Crippen LogP) is 2.57. The van der Waals surface area contributed by atoms with Crippen molar-refractivity contribution in [2.75, 3.05) is 19.8 Å². The number of fused-ring (bicyclic) bond motifs is 1. The van der Waals surface area contributed by atoms with Gasteiger partial charge in [0.15, 0.2) is 0 Å². The Morgan fingerprint density at radius 2 is 2.21 bits per heavy atom. The molecule has 0 radical (unpaired) electrons. The van der Waals surface area contributed by atoms with Crippen LogP contribution >= 0.6 is 0 Å². The molecule has 1 saturated heterocycles. The second kappa shape index (κ2) is 7.14. The van der Waals surface area contributed by atoms with Crippen LogP contribution < -0.4 is 0 Å². The second-order valence-electron chi connectivity index (χ2n) is 7.05. The summed E-state index contributed by atoms with van der Waals surface area (Å²) in [5.74, 6) is -0.0348. The van der Waals surface area contributed by atoms with Gasteiger partial charge in [0.25, 0.3) is 5.91 Å². The van der Waals surface area contributed by atoms with E-state index in [0.29, 0.717) is 25.3 Å². The molecule has 1 atom stereocenters. The molecule has 8 nitrogen and oxygen atoms in total. The van der Waals surface area contributed by atoms with Gasteiger partial charge in [-0.2, -0.15) is 5.10 Å². The zero-order valence-corrected chi connectivity index (χ0v) is 15.9. The van der Waals surface area contributed by atoms with Gasteiger partial charge in [0.1, 0.15) is 5.65 Å². The van der Waals surface area contributed by atoms with Crippen LogP contribution in [0.5, 0.6) is 0 Å². The van der Waals surface area contributed by atoms with Crippen molar-refractivity contribution in [2.45, 2.75) is 6.04 Å². The van der Waals surface area contributed by atoms with Crippen LogP contribution in [0.3, 0.4) is 0 Å². The molecule has 0 saturated carbocycles. The summed E-state index contributed by atoms with van der Waals surface area (Å²) in [4.78, 5) is 24.5. The number of amides is 1. The van der Waals surface area contributed by atoms with E-state index in [0.717, 1.165) is 28.0 Å². The zero-order valence-electron chi connectivity index (χ0n) is 15.9. The van der Waals surface area contributed by atoms with Crippen molar-refractivity contribution in [2.24, 2.45) is 7.05 Å². The predicted molar refractivity (Wildman–Crippen MR) is 107 cm³/mol. The van der Waals surface area contributed by atoms with Gasteiger partial charge in [-0.15, -0.1) is 0 Å². The van der Waals surface area contributed by atoms with Gasteiger partial charge in [0.2, 0.25) is 0 Å². The second-order valence-corrected chi connectivity index (χ2v) is 7.05. The Kier molecular flexibility index (Phi) is 4.33. The van der Waals surface area contributed by atoms with E-state index in [4.69, 9.17) is 9.72 Å². The number of nitrogens with zero attached hydrogens (tertiary/aromatic N) is 5. The highest BCUT2D eigenvalue weighted by molar-refractivity contribution is 6.06. The third kappa shape index (κ3) is 3.07. The van der Waals surface area contributed by atoms with Gasteiger partial charge in [0.05, 0.1) is 42.4 Å². The summed E-state index contributed by atoms with van der Waals surface area (Å²) in [5.41, 5.74) is 3.95. The minimum atomic E-state index is -0.203. The number of aromatic nitrogens is 5. The van der Waals surface area contributed by atoms with Gasteiger partial charge in [-0.05, 0) is 24.3 Å². The van der Waals surface area contributed by atoms with Gasteiger partial charge in [0, 0.05) is 43.1 Å². The van der Waals surface area contributed by atoms with Gasteiger partial charge in [-0.1, -0.05) is 6.07 Å². The number of hydrogen-bond acceptors (Lipinski definition) is 5. The van der Waals surface area contributed by atoms with Crippen molar-refractivity contribution in [1.29, 1.82) is 0 Å². The van der Waals surface area contributed by atoms with Crippen molar-refractivity contribution in [3.05, 3.63) is 66.4 Å². The quantitative estimate of drug-likeness (QED) is 0.583. The fraction of sp³-hybridized carbons (Fsp3) is 0.238. The molecule has 1 unspecified atom stereocenters. The molecule has 1 fully saturated rings. The summed E-state index contributed by atoms with van der Waals surface area (Å²) in [5, 5.41) is 7.61. The van der Waals surface area contributed by atoms with E-state index in [1.165, 1.54) is 0 Å². The molecule has 4 aromatic rings. The first-order valence-corrected chi connectivity index (χ1v) is 9.47. The molecular weight excluding hydrogens is 368 g/mol. The summed E-state index contributed by atoms with van der Waals surface area (Å²) in [6.45, 7) is 1.48. The minimum Gasteiger partial charge on any atom is -0.377 e. The summed E-state index contributed by atoms with van der Waals surface area (Å²) in [7, 11) is 1.90. The molecule has 1 aliphatic rings. The Balaban J connectivity index is 1.53. The van der Waals surface area contributed by atoms with Crippen molar-refractivity contribution >= 4 is 16.9 Å². The first-order chi connectivity index (χ1) is 14.2. The van der Waals surface area contributed by atoms with E-state index in [9.17, 15) is 4.79 Å². The van der Waals surface area contributed by atoms with Crippen molar-refractivity contribution in [1.82, 2.24) is 29.6 Å². The van der Waals surface area contributed by atoms with E-state index in [1.54, 1.807) is 18.6 Å². The third-order valence-corrected chi connectivity index (χ3v) is 5.27. The van der Waals surface area contributed by atoms with Crippen molar-refractivity contribution in [3.63, 3.8) is 0 Å². The van der Waals surface area contributed by atoms with Gasteiger partial charge in [-0.25, -0.2) is 4.98 Å². The van der Waals surface area contributed by atoms with Crippen LogP contribution in [-0.2, 0) is 11.8 Å². The monoisotopic (exact) mass is 388 g/mol. The average molecular weight is 388 g/mol. The first-order valence-electron chi connectivity index (χ1n) is 9.47. The first kappa shape index (κ1) is 17.6. The Hall–Kier alpha value is -3.52. The number of rotatable bonds is 3. The molecule has 4 aromatic heterocycles. The maximum absolute atomic E-state index is 13.5. The zero-order chi connectivity index (χ0) is 19.8. The van der Waals surface area contributed by atoms with E-state index in [1.807, 2.05) is 53.0 Å². The number of aromatic amines is 1. The Bertz CT molecular complexity index is 1150. The van der Waals surface area contributed by atoms with E-state index in [-0.39, 0.29) is 11.9 Å². The number of pyridine rings is 2. The molecule has 0 spiro atoms. The number of hydrogen-bond donors (Lipinski definition) is 1. The lowest BCUT2D eigenvalue weighted by Crippen LogP contribution is -2.43. The molecule has 1 aliphatic heterocycles. The van der Waals surface area contributed by atoms with Gasteiger partial charge >= 0.3 is 0 Å². The number of carbonyl (C=O) groups is 1. The number of aryl methyl sites for hydroxylation is 1. The molecule has 8 heteroatoms. The lowest BCUT2D eigenvalue weighted by Gasteiger charge is -2.35. The summed E-state index contributed by atoms with van der Waals surface area (Å²) in [6, 6.07) is 9.40. The SMILES string of the molecule is Cn1cc(C(=O)N2CCOCC2c2ccccn2)c2ccc(-c3cn[nH]c3)nc21. The van der Waals surface area contributed by atoms with Gasteiger partial charge < -0.3 is 14.2 Å². The van der Waals surface area contributed by atoms with Crippen LogP contribution in [0.1, 0.15) is 22.1 Å². The van der Waals surface area contributed by atoms with Crippen LogP contribution in [0, 0.1) is 0 Å². The lowest BCUT2D eigenvalue weighted by molar-refractivity contribution is -0.00380. The summed E-state index contributed by atoms with van der Waals surface area (Å²) < 4.78 is 7.53. The van der Waals surface area contributed by atoms with Crippen molar-refractivity contribution in [3.8, 4) is 11.3 Å². The summed E-state index contributed by atoms with van der Waals surface area (Å²) in [6.07, 6.45) is 7.12. The number of nitrogens with one attached hydrogen (secondary N) is 1. The molecular formula is C21H20N6O2. The normalized spacial score (nSPS) is 17.0. The smallest absolute Gasteiger partial charge is 0.256 e. The average Bonchev–Trinajstić information content (AvgIpc) is 3.42. The number of H-pyrrole nitrogens is 1. The molecule has 5 rings (SSSR count). The van der Waals surface area contributed by atoms with Gasteiger partial charge in [-0.3, -0.25) is 14.9 Å². The topological polar surface area (TPSA) is 88.9 Å². The highest BCUT2D eigenvalue weighted by atomic mass is 16.5. The molecule has 0 aliphatic carbocycles. The van der Waals surface area contributed by atoms with Crippen LogP contribution in [0.4, 0.5) is 0 Å². The molecule has 29 heavy (non-hydrogen) atoms. The van der Waals surface area contributed by atoms with Crippen LogP contribution in [-0.4, -0.2) is 55.3 Å². The van der Waals surface area contributed by atoms with Crippen LogP contribution in [0.15, 0.2) is 55.1 Å². The molecule has 146 valence electrons. The Labute approximate surface area is 167 Å². The minimum absolute atomic E-state index is 0.0348. The highest BCUT2D eigenvalue weighted by Crippen LogP contribution is 2.29.